The summed E-state index contributed by atoms with van der Waals surface area (Å²) in [6.45, 7) is 1.85. The summed E-state index contributed by atoms with van der Waals surface area (Å²) in [5, 5.41) is 9.80. The van der Waals surface area contributed by atoms with Gasteiger partial charge < -0.3 is 15.5 Å². The molecule has 2 amide bonds. The number of hydrogen-bond donors (Lipinski definition) is 2. The first-order valence-electron chi connectivity index (χ1n) is 8.11. The zero-order valence-electron chi connectivity index (χ0n) is 14.2. The van der Waals surface area contributed by atoms with Crippen molar-refractivity contribution >= 4 is 23.9 Å². The van der Waals surface area contributed by atoms with Crippen LogP contribution < -0.4 is 10.2 Å². The number of anilines is 1. The van der Waals surface area contributed by atoms with Crippen molar-refractivity contribution in [2.75, 3.05) is 18.0 Å². The molecule has 0 unspecified atom stereocenters. The van der Waals surface area contributed by atoms with E-state index in [2.05, 4.69) is 5.32 Å². The summed E-state index contributed by atoms with van der Waals surface area (Å²) >= 11 is 0. The van der Waals surface area contributed by atoms with Gasteiger partial charge in [0, 0.05) is 18.7 Å². The van der Waals surface area contributed by atoms with E-state index in [0.29, 0.717) is 16.8 Å². The standard InChI is InChI=1S/C19H18FN3O3/c1-12(24)22-10-16-11-23(19(25)26-16)15-6-7-17(18(20)8-15)14-4-2-13(9-21)3-5-14/h2-9,16,21H,10-11H2,1H3,(H,22,24)/t16-/m0/s1. The summed E-state index contributed by atoms with van der Waals surface area (Å²) in [5.74, 6) is -0.660. The van der Waals surface area contributed by atoms with Crippen LogP contribution in [0.3, 0.4) is 0 Å². The van der Waals surface area contributed by atoms with Crippen molar-refractivity contribution in [2.45, 2.75) is 13.0 Å². The highest BCUT2D eigenvalue weighted by Gasteiger charge is 2.32. The smallest absolute Gasteiger partial charge is 0.414 e. The van der Waals surface area contributed by atoms with E-state index in [0.717, 1.165) is 5.56 Å². The van der Waals surface area contributed by atoms with E-state index >= 15 is 0 Å². The molecular weight excluding hydrogens is 337 g/mol. The Hall–Kier alpha value is -3.22. The Morgan fingerprint density at radius 3 is 2.69 bits per heavy atom. The lowest BCUT2D eigenvalue weighted by molar-refractivity contribution is -0.119. The quantitative estimate of drug-likeness (QED) is 0.809. The molecule has 6 nitrogen and oxygen atoms in total. The third kappa shape index (κ3) is 3.72. The average Bonchev–Trinajstić information content (AvgIpc) is 3.01. The molecule has 0 bridgehead atoms. The molecule has 1 aliphatic heterocycles. The third-order valence-electron chi connectivity index (χ3n) is 4.11. The summed E-state index contributed by atoms with van der Waals surface area (Å²) in [6, 6.07) is 11.5. The fourth-order valence-corrected chi connectivity index (χ4v) is 2.76. The maximum Gasteiger partial charge on any atom is 0.414 e. The zero-order chi connectivity index (χ0) is 18.7. The van der Waals surface area contributed by atoms with Crippen molar-refractivity contribution in [3.63, 3.8) is 0 Å². The minimum atomic E-state index is -0.567. The molecule has 134 valence electrons. The monoisotopic (exact) mass is 355 g/mol. The van der Waals surface area contributed by atoms with Crippen LogP contribution in [0.25, 0.3) is 11.1 Å². The maximum atomic E-state index is 14.6. The number of nitrogens with zero attached hydrogens (tertiary/aromatic N) is 1. The van der Waals surface area contributed by atoms with E-state index in [1.165, 1.54) is 24.1 Å². The number of cyclic esters (lactones) is 1. The minimum Gasteiger partial charge on any atom is -0.442 e. The van der Waals surface area contributed by atoms with Crippen LogP contribution in [0.1, 0.15) is 12.5 Å². The lowest BCUT2D eigenvalue weighted by Gasteiger charge is -2.14. The SMILES string of the molecule is CC(=O)NC[C@H]1CN(c2ccc(-c3ccc(C=N)cc3)c(F)c2)C(=O)O1. The Morgan fingerprint density at radius 2 is 2.08 bits per heavy atom. The largest absolute Gasteiger partial charge is 0.442 e. The maximum absolute atomic E-state index is 14.6. The van der Waals surface area contributed by atoms with Crippen molar-refractivity contribution in [2.24, 2.45) is 0 Å². The van der Waals surface area contributed by atoms with Gasteiger partial charge in [-0.25, -0.2) is 9.18 Å². The van der Waals surface area contributed by atoms with E-state index in [1.54, 1.807) is 36.4 Å². The molecule has 0 aliphatic carbocycles. The molecule has 1 aliphatic rings. The molecule has 1 fully saturated rings. The van der Waals surface area contributed by atoms with E-state index < -0.39 is 18.0 Å². The first kappa shape index (κ1) is 17.6. The predicted octanol–water partition coefficient (Wildman–Crippen LogP) is 2.95. The van der Waals surface area contributed by atoms with Crippen molar-refractivity contribution in [3.8, 4) is 11.1 Å². The predicted molar refractivity (Wildman–Crippen MR) is 96.0 cm³/mol. The Balaban J connectivity index is 1.77. The van der Waals surface area contributed by atoms with Gasteiger partial charge in [-0.05, 0) is 29.3 Å². The molecule has 2 N–H and O–H groups in total. The van der Waals surface area contributed by atoms with Gasteiger partial charge in [0.2, 0.25) is 5.91 Å². The second-order valence-corrected chi connectivity index (χ2v) is 5.98. The normalized spacial score (nSPS) is 16.3. The molecule has 0 radical (unpaired) electrons. The van der Waals surface area contributed by atoms with E-state index in [9.17, 15) is 14.0 Å². The summed E-state index contributed by atoms with van der Waals surface area (Å²) < 4.78 is 19.8. The first-order chi connectivity index (χ1) is 12.5. The van der Waals surface area contributed by atoms with E-state index in [-0.39, 0.29) is 19.0 Å². The third-order valence-corrected chi connectivity index (χ3v) is 4.11. The summed E-state index contributed by atoms with van der Waals surface area (Å²) in [4.78, 5) is 24.3. The minimum absolute atomic E-state index is 0.205. The first-order valence-corrected chi connectivity index (χ1v) is 8.11. The molecule has 3 rings (SSSR count). The second-order valence-electron chi connectivity index (χ2n) is 5.98. The topological polar surface area (TPSA) is 82.5 Å². The zero-order valence-corrected chi connectivity index (χ0v) is 14.2. The fraction of sp³-hybridized carbons (Fsp3) is 0.211. The number of amides is 2. The summed E-state index contributed by atoms with van der Waals surface area (Å²) in [6.07, 6.45) is 0.185. The highest BCUT2D eigenvalue weighted by atomic mass is 19.1. The summed E-state index contributed by atoms with van der Waals surface area (Å²) in [5.41, 5.74) is 2.23. The van der Waals surface area contributed by atoms with Crippen LogP contribution >= 0.6 is 0 Å². The van der Waals surface area contributed by atoms with Gasteiger partial charge in [0.25, 0.3) is 0 Å². The molecule has 0 spiro atoms. The van der Waals surface area contributed by atoms with E-state index in [1.807, 2.05) is 0 Å². The Bertz CT molecular complexity index is 852. The van der Waals surface area contributed by atoms with Gasteiger partial charge in [0.1, 0.15) is 11.9 Å². The number of rotatable bonds is 5. The van der Waals surface area contributed by atoms with Gasteiger partial charge >= 0.3 is 6.09 Å². The number of ether oxygens (including phenoxy) is 1. The molecule has 1 heterocycles. The van der Waals surface area contributed by atoms with Crippen molar-refractivity contribution in [3.05, 3.63) is 53.8 Å². The Morgan fingerprint density at radius 1 is 1.35 bits per heavy atom. The van der Waals surface area contributed by atoms with Crippen LogP contribution in [0.2, 0.25) is 0 Å². The Labute approximate surface area is 150 Å². The molecule has 1 atom stereocenters. The number of carbonyl (C=O) groups excluding carboxylic acids is 2. The number of benzene rings is 2. The van der Waals surface area contributed by atoms with Crippen LogP contribution in [0.4, 0.5) is 14.9 Å². The number of halogens is 1. The number of hydrogen-bond acceptors (Lipinski definition) is 4. The molecule has 0 aromatic heterocycles. The van der Waals surface area contributed by atoms with Gasteiger partial charge in [0.15, 0.2) is 0 Å². The van der Waals surface area contributed by atoms with Gasteiger partial charge in [0.05, 0.1) is 18.8 Å². The molecule has 2 aromatic rings. The molecule has 1 saturated heterocycles. The molecule has 7 heteroatoms. The van der Waals surface area contributed by atoms with Crippen LogP contribution in [0.15, 0.2) is 42.5 Å². The summed E-state index contributed by atoms with van der Waals surface area (Å²) in [7, 11) is 0. The highest BCUT2D eigenvalue weighted by molar-refractivity contribution is 5.90. The van der Waals surface area contributed by atoms with Gasteiger partial charge in [-0.3, -0.25) is 9.69 Å². The molecule has 26 heavy (non-hydrogen) atoms. The second kappa shape index (κ2) is 7.35. The molecule has 2 aromatic carbocycles. The lowest BCUT2D eigenvalue weighted by atomic mass is 10.0. The molecular formula is C19H18FN3O3. The van der Waals surface area contributed by atoms with Crippen LogP contribution in [-0.2, 0) is 9.53 Å². The van der Waals surface area contributed by atoms with Gasteiger partial charge in [-0.2, -0.15) is 0 Å². The Kier molecular flexibility index (Phi) is 4.97. The van der Waals surface area contributed by atoms with Crippen molar-refractivity contribution < 1.29 is 18.7 Å². The van der Waals surface area contributed by atoms with E-state index in [4.69, 9.17) is 10.1 Å². The average molecular weight is 355 g/mol. The van der Waals surface area contributed by atoms with Crippen LogP contribution in [0.5, 0.6) is 0 Å². The van der Waals surface area contributed by atoms with Gasteiger partial charge in [-0.15, -0.1) is 0 Å². The fourth-order valence-electron chi connectivity index (χ4n) is 2.76. The highest BCUT2D eigenvalue weighted by Crippen LogP contribution is 2.29. The number of carbonyl (C=O) groups is 2. The van der Waals surface area contributed by atoms with Crippen molar-refractivity contribution in [1.82, 2.24) is 5.32 Å². The molecule has 0 saturated carbocycles. The van der Waals surface area contributed by atoms with Crippen LogP contribution in [-0.4, -0.2) is 37.4 Å². The number of nitrogens with one attached hydrogen (secondary N) is 2. The lowest BCUT2D eigenvalue weighted by Crippen LogP contribution is -2.33. The van der Waals surface area contributed by atoms with Gasteiger partial charge in [-0.1, -0.05) is 24.3 Å². The van der Waals surface area contributed by atoms with Crippen LogP contribution in [0, 0.1) is 11.2 Å². The van der Waals surface area contributed by atoms with Crippen molar-refractivity contribution in [1.29, 1.82) is 5.41 Å².